The van der Waals surface area contributed by atoms with Crippen molar-refractivity contribution in [1.82, 2.24) is 4.90 Å². The highest BCUT2D eigenvalue weighted by Crippen LogP contribution is 2.23. The molecule has 2 rings (SSSR count). The molecule has 104 valence electrons. The van der Waals surface area contributed by atoms with Gasteiger partial charge in [-0.05, 0) is 56.4 Å². The van der Waals surface area contributed by atoms with Gasteiger partial charge in [-0.25, -0.2) is 0 Å². The van der Waals surface area contributed by atoms with E-state index in [4.69, 9.17) is 11.6 Å². The molecule has 1 fully saturated rings. The van der Waals surface area contributed by atoms with E-state index in [-0.39, 0.29) is 12.0 Å². The average Bonchev–Trinajstić information content (AvgIpc) is 2.38. The van der Waals surface area contributed by atoms with Crippen LogP contribution in [0, 0.1) is 12.8 Å². The Balaban J connectivity index is 2.05. The highest BCUT2D eigenvalue weighted by Gasteiger charge is 2.26. The van der Waals surface area contributed by atoms with Crippen LogP contribution in [0.5, 0.6) is 0 Å². The summed E-state index contributed by atoms with van der Waals surface area (Å²) in [6, 6.07) is 5.36. The first-order valence-electron chi connectivity index (χ1n) is 6.72. The summed E-state index contributed by atoms with van der Waals surface area (Å²) >= 11 is 5.91. The number of nitrogens with zero attached hydrogens (tertiary/aromatic N) is 1. The topological polar surface area (TPSA) is 40.5 Å². The van der Waals surface area contributed by atoms with E-state index < -0.39 is 0 Å². The predicted molar refractivity (Wildman–Crippen MR) is 76.5 cm³/mol. The maximum absolute atomic E-state index is 12.4. The molecule has 1 N–H and O–H groups in total. The van der Waals surface area contributed by atoms with Crippen LogP contribution in [-0.2, 0) is 0 Å². The Morgan fingerprint density at radius 3 is 2.58 bits per heavy atom. The van der Waals surface area contributed by atoms with Gasteiger partial charge in [0.2, 0.25) is 0 Å². The Bertz CT molecular complexity index is 465. The van der Waals surface area contributed by atoms with Crippen LogP contribution >= 0.6 is 11.6 Å². The molecule has 1 unspecified atom stereocenters. The molecule has 1 saturated heterocycles. The van der Waals surface area contributed by atoms with Crippen LogP contribution in [0.2, 0.25) is 5.02 Å². The van der Waals surface area contributed by atoms with Crippen molar-refractivity contribution in [2.45, 2.75) is 32.8 Å². The van der Waals surface area contributed by atoms with E-state index >= 15 is 0 Å². The molecule has 19 heavy (non-hydrogen) atoms. The summed E-state index contributed by atoms with van der Waals surface area (Å²) < 4.78 is 0. The van der Waals surface area contributed by atoms with Gasteiger partial charge in [-0.1, -0.05) is 11.6 Å². The van der Waals surface area contributed by atoms with Crippen LogP contribution in [0.4, 0.5) is 0 Å². The van der Waals surface area contributed by atoms with Crippen molar-refractivity contribution in [2.75, 3.05) is 13.1 Å². The third-order valence-electron chi connectivity index (χ3n) is 3.93. The fourth-order valence-corrected chi connectivity index (χ4v) is 2.85. The van der Waals surface area contributed by atoms with Crippen molar-refractivity contribution in [3.8, 4) is 0 Å². The smallest absolute Gasteiger partial charge is 0.254 e. The number of carbonyl (C=O) groups excluding carboxylic acids is 1. The number of aliphatic hydroxyl groups excluding tert-OH is 1. The number of aliphatic hydroxyl groups is 1. The number of hydrogen-bond donors (Lipinski definition) is 1. The van der Waals surface area contributed by atoms with Gasteiger partial charge >= 0.3 is 0 Å². The first kappa shape index (κ1) is 14.4. The summed E-state index contributed by atoms with van der Waals surface area (Å²) in [4.78, 5) is 14.3. The molecule has 1 aromatic carbocycles. The summed E-state index contributed by atoms with van der Waals surface area (Å²) in [5.41, 5.74) is 1.63. The molecule has 0 saturated carbocycles. The molecule has 0 bridgehead atoms. The average molecular weight is 282 g/mol. The number of hydrogen-bond acceptors (Lipinski definition) is 2. The highest BCUT2D eigenvalue weighted by atomic mass is 35.5. The molecule has 1 aromatic rings. The van der Waals surface area contributed by atoms with E-state index in [1.165, 1.54) is 0 Å². The number of halogens is 1. The lowest BCUT2D eigenvalue weighted by Crippen LogP contribution is -2.40. The van der Waals surface area contributed by atoms with E-state index in [0.717, 1.165) is 37.1 Å². The minimum absolute atomic E-state index is 0.0678. The Morgan fingerprint density at radius 2 is 2.05 bits per heavy atom. The molecule has 0 aliphatic carbocycles. The second-order valence-corrected chi connectivity index (χ2v) is 5.77. The maximum Gasteiger partial charge on any atom is 0.254 e. The second-order valence-electron chi connectivity index (χ2n) is 5.33. The van der Waals surface area contributed by atoms with Gasteiger partial charge in [0.15, 0.2) is 0 Å². The summed E-state index contributed by atoms with van der Waals surface area (Å²) in [5, 5.41) is 10.2. The molecule has 1 heterocycles. The zero-order chi connectivity index (χ0) is 14.0. The highest BCUT2D eigenvalue weighted by molar-refractivity contribution is 6.30. The predicted octanol–water partition coefficient (Wildman–Crippen LogP) is 2.88. The van der Waals surface area contributed by atoms with E-state index in [0.29, 0.717) is 10.9 Å². The molecule has 0 aromatic heterocycles. The van der Waals surface area contributed by atoms with E-state index in [1.54, 1.807) is 12.1 Å². The molecule has 1 amide bonds. The van der Waals surface area contributed by atoms with Crippen molar-refractivity contribution >= 4 is 17.5 Å². The van der Waals surface area contributed by atoms with Gasteiger partial charge in [0.1, 0.15) is 0 Å². The van der Waals surface area contributed by atoms with Crippen molar-refractivity contribution in [1.29, 1.82) is 0 Å². The van der Waals surface area contributed by atoms with Crippen LogP contribution in [0.25, 0.3) is 0 Å². The third-order valence-corrected chi connectivity index (χ3v) is 4.16. The molecular formula is C15H20ClNO2. The number of benzene rings is 1. The number of aryl methyl sites for hydroxylation is 1. The number of rotatable bonds is 2. The second kappa shape index (κ2) is 5.93. The van der Waals surface area contributed by atoms with Gasteiger partial charge in [0, 0.05) is 23.7 Å². The van der Waals surface area contributed by atoms with Gasteiger partial charge < -0.3 is 10.0 Å². The molecule has 4 heteroatoms. The standard InChI is InChI=1S/C15H20ClNO2/c1-10-9-13(16)3-4-14(10)15(19)17-7-5-12(6-8-17)11(2)18/h3-4,9,11-12,18H,5-8H2,1-2H3. The molecule has 3 nitrogen and oxygen atoms in total. The van der Waals surface area contributed by atoms with Crippen molar-refractivity contribution in [3.63, 3.8) is 0 Å². The minimum Gasteiger partial charge on any atom is -0.393 e. The number of piperidine rings is 1. The van der Waals surface area contributed by atoms with Crippen molar-refractivity contribution < 1.29 is 9.90 Å². The molecular weight excluding hydrogens is 262 g/mol. The molecule has 1 aliphatic heterocycles. The maximum atomic E-state index is 12.4. The third kappa shape index (κ3) is 3.28. The molecule has 1 aliphatic rings. The Kier molecular flexibility index (Phi) is 4.48. The lowest BCUT2D eigenvalue weighted by atomic mass is 9.91. The zero-order valence-corrected chi connectivity index (χ0v) is 12.2. The largest absolute Gasteiger partial charge is 0.393 e. The number of likely N-dealkylation sites (tertiary alicyclic amines) is 1. The fourth-order valence-electron chi connectivity index (χ4n) is 2.62. The van der Waals surface area contributed by atoms with Crippen LogP contribution in [0.15, 0.2) is 18.2 Å². The molecule has 1 atom stereocenters. The SMILES string of the molecule is Cc1cc(Cl)ccc1C(=O)N1CCC(C(C)O)CC1. The van der Waals surface area contributed by atoms with Gasteiger partial charge in [-0.3, -0.25) is 4.79 Å². The van der Waals surface area contributed by atoms with Crippen LogP contribution < -0.4 is 0 Å². The van der Waals surface area contributed by atoms with E-state index in [2.05, 4.69) is 0 Å². The Morgan fingerprint density at radius 1 is 1.42 bits per heavy atom. The van der Waals surface area contributed by atoms with E-state index in [9.17, 15) is 9.90 Å². The summed E-state index contributed by atoms with van der Waals surface area (Å²) in [6.45, 7) is 5.17. The fraction of sp³-hybridized carbons (Fsp3) is 0.533. The Hall–Kier alpha value is -1.06. The van der Waals surface area contributed by atoms with Crippen molar-refractivity contribution in [2.24, 2.45) is 5.92 Å². The van der Waals surface area contributed by atoms with Gasteiger partial charge in [-0.2, -0.15) is 0 Å². The summed E-state index contributed by atoms with van der Waals surface area (Å²) in [6.07, 6.45) is 1.46. The van der Waals surface area contributed by atoms with Crippen molar-refractivity contribution in [3.05, 3.63) is 34.3 Å². The monoisotopic (exact) mass is 281 g/mol. The van der Waals surface area contributed by atoms with Gasteiger partial charge in [0.25, 0.3) is 5.91 Å². The number of amides is 1. The van der Waals surface area contributed by atoms with Crippen LogP contribution in [0.1, 0.15) is 35.7 Å². The minimum atomic E-state index is -0.283. The first-order chi connectivity index (χ1) is 8.99. The van der Waals surface area contributed by atoms with Crippen LogP contribution in [-0.4, -0.2) is 35.1 Å². The zero-order valence-electron chi connectivity index (χ0n) is 11.4. The van der Waals surface area contributed by atoms with Gasteiger partial charge in [0.05, 0.1) is 6.10 Å². The van der Waals surface area contributed by atoms with E-state index in [1.807, 2.05) is 24.8 Å². The Labute approximate surface area is 119 Å². The summed E-state index contributed by atoms with van der Waals surface area (Å²) in [5.74, 6) is 0.383. The lowest BCUT2D eigenvalue weighted by Gasteiger charge is -2.33. The summed E-state index contributed by atoms with van der Waals surface area (Å²) in [7, 11) is 0. The molecule has 0 spiro atoms. The lowest BCUT2D eigenvalue weighted by molar-refractivity contribution is 0.0521. The molecule has 0 radical (unpaired) electrons. The number of carbonyl (C=O) groups is 1. The van der Waals surface area contributed by atoms with Crippen LogP contribution in [0.3, 0.4) is 0 Å². The normalized spacial score (nSPS) is 18.4. The van der Waals surface area contributed by atoms with Gasteiger partial charge in [-0.15, -0.1) is 0 Å². The first-order valence-corrected chi connectivity index (χ1v) is 7.10. The quantitative estimate of drug-likeness (QED) is 0.905.